The number of sulfone groups is 1. The van der Waals surface area contributed by atoms with Crippen molar-refractivity contribution in [1.29, 1.82) is 0 Å². The lowest BCUT2D eigenvalue weighted by Gasteiger charge is -2.11. The molecule has 0 aliphatic carbocycles. The zero-order valence-corrected chi connectivity index (χ0v) is 12.4. The Balaban J connectivity index is 2.40. The van der Waals surface area contributed by atoms with Gasteiger partial charge in [-0.15, -0.1) is 0 Å². The molecule has 0 aliphatic rings. The molecule has 2 aromatic rings. The summed E-state index contributed by atoms with van der Waals surface area (Å²) in [7, 11) is -3.52. The maximum absolute atomic E-state index is 13.2. The fraction of sp³-hybridized carbons (Fsp3) is 0.133. The molecule has 2 aromatic carbocycles. The lowest BCUT2D eigenvalue weighted by Crippen LogP contribution is -2.16. The van der Waals surface area contributed by atoms with Gasteiger partial charge in [0.25, 0.3) is 5.91 Å². The fourth-order valence-corrected chi connectivity index (χ4v) is 2.78. The van der Waals surface area contributed by atoms with Gasteiger partial charge in [0.2, 0.25) is 0 Å². The molecular weight excluding hydrogens is 293 g/mol. The molecule has 0 spiro atoms. The van der Waals surface area contributed by atoms with Crippen LogP contribution in [0, 0.1) is 12.7 Å². The van der Waals surface area contributed by atoms with Gasteiger partial charge < -0.3 is 5.32 Å². The number of hydrogen-bond acceptors (Lipinski definition) is 3. The highest BCUT2D eigenvalue weighted by Crippen LogP contribution is 2.20. The van der Waals surface area contributed by atoms with E-state index in [1.807, 2.05) is 0 Å². The lowest BCUT2D eigenvalue weighted by molar-refractivity contribution is 0.102. The van der Waals surface area contributed by atoms with E-state index in [2.05, 4.69) is 5.32 Å². The van der Waals surface area contributed by atoms with Crippen molar-refractivity contribution < 1.29 is 17.6 Å². The molecule has 0 aromatic heterocycles. The first-order chi connectivity index (χ1) is 9.79. The first-order valence-electron chi connectivity index (χ1n) is 6.15. The average molecular weight is 307 g/mol. The number of carbonyl (C=O) groups is 1. The Morgan fingerprint density at radius 1 is 1.14 bits per heavy atom. The minimum Gasteiger partial charge on any atom is -0.322 e. The second kappa shape index (κ2) is 5.65. The summed E-state index contributed by atoms with van der Waals surface area (Å²) in [6, 6.07) is 9.91. The molecule has 0 atom stereocenters. The Morgan fingerprint density at radius 2 is 1.81 bits per heavy atom. The van der Waals surface area contributed by atoms with Crippen molar-refractivity contribution in [2.24, 2.45) is 0 Å². The number of halogens is 1. The molecule has 6 heteroatoms. The number of carbonyl (C=O) groups excluding carboxylic acids is 1. The molecule has 0 heterocycles. The van der Waals surface area contributed by atoms with Gasteiger partial charge in [0.15, 0.2) is 9.84 Å². The van der Waals surface area contributed by atoms with Crippen LogP contribution in [0.25, 0.3) is 0 Å². The molecule has 0 unspecified atom stereocenters. The quantitative estimate of drug-likeness (QED) is 0.948. The highest BCUT2D eigenvalue weighted by atomic mass is 32.2. The van der Waals surface area contributed by atoms with Gasteiger partial charge in [0.05, 0.1) is 10.5 Å². The van der Waals surface area contributed by atoms with Crippen LogP contribution in [0.15, 0.2) is 47.4 Å². The van der Waals surface area contributed by atoms with Crippen molar-refractivity contribution in [2.45, 2.75) is 11.8 Å². The SMILES string of the molecule is Cc1ccc(F)cc1NC(=O)c1ccccc1S(C)(=O)=O. The van der Waals surface area contributed by atoms with Crippen LogP contribution >= 0.6 is 0 Å². The second-order valence-corrected chi connectivity index (χ2v) is 6.67. The Kier molecular flexibility index (Phi) is 4.09. The van der Waals surface area contributed by atoms with Gasteiger partial charge in [0.1, 0.15) is 5.82 Å². The van der Waals surface area contributed by atoms with Crippen LogP contribution in [-0.4, -0.2) is 20.6 Å². The molecular formula is C15H14FNO3S. The van der Waals surface area contributed by atoms with Gasteiger partial charge in [0, 0.05) is 11.9 Å². The van der Waals surface area contributed by atoms with E-state index in [-0.39, 0.29) is 10.5 Å². The highest BCUT2D eigenvalue weighted by molar-refractivity contribution is 7.90. The molecule has 0 bridgehead atoms. The third-order valence-electron chi connectivity index (χ3n) is 2.98. The standard InChI is InChI=1S/C15H14FNO3S/c1-10-7-8-11(16)9-13(10)17-15(18)12-5-3-4-6-14(12)21(2,19)20/h3-9H,1-2H3,(H,17,18). The van der Waals surface area contributed by atoms with Crippen LogP contribution in [0.3, 0.4) is 0 Å². The monoisotopic (exact) mass is 307 g/mol. The number of hydrogen-bond donors (Lipinski definition) is 1. The molecule has 4 nitrogen and oxygen atoms in total. The molecule has 1 amide bonds. The Hall–Kier alpha value is -2.21. The number of nitrogens with one attached hydrogen (secondary N) is 1. The van der Waals surface area contributed by atoms with Crippen LogP contribution in [0.5, 0.6) is 0 Å². The molecule has 0 fully saturated rings. The summed E-state index contributed by atoms with van der Waals surface area (Å²) >= 11 is 0. The number of aryl methyl sites for hydroxylation is 1. The van der Waals surface area contributed by atoms with E-state index >= 15 is 0 Å². The minimum atomic E-state index is -3.52. The molecule has 1 N–H and O–H groups in total. The van der Waals surface area contributed by atoms with Gasteiger partial charge in [-0.25, -0.2) is 12.8 Å². The second-order valence-electron chi connectivity index (χ2n) is 4.68. The van der Waals surface area contributed by atoms with E-state index in [0.29, 0.717) is 11.3 Å². The predicted octanol–water partition coefficient (Wildman–Crippen LogP) is 2.79. The van der Waals surface area contributed by atoms with Crippen LogP contribution in [0.2, 0.25) is 0 Å². The zero-order chi connectivity index (χ0) is 15.6. The topological polar surface area (TPSA) is 63.2 Å². The number of amides is 1. The van der Waals surface area contributed by atoms with Gasteiger partial charge in [-0.3, -0.25) is 4.79 Å². The Morgan fingerprint density at radius 3 is 2.48 bits per heavy atom. The fourth-order valence-electron chi connectivity index (χ4n) is 1.90. The number of rotatable bonds is 3. The van der Waals surface area contributed by atoms with Crippen LogP contribution in [0.4, 0.5) is 10.1 Å². The summed E-state index contributed by atoms with van der Waals surface area (Å²) in [5.74, 6) is -1.07. The molecule has 2 rings (SSSR count). The summed E-state index contributed by atoms with van der Waals surface area (Å²) in [5, 5.41) is 2.54. The average Bonchev–Trinajstić information content (AvgIpc) is 2.42. The molecule has 21 heavy (non-hydrogen) atoms. The third-order valence-corrected chi connectivity index (χ3v) is 4.13. The predicted molar refractivity (Wildman–Crippen MR) is 78.6 cm³/mol. The first kappa shape index (κ1) is 15.2. The van der Waals surface area contributed by atoms with E-state index in [1.165, 1.54) is 30.3 Å². The summed E-state index contributed by atoms with van der Waals surface area (Å²) < 4.78 is 36.6. The molecule has 0 radical (unpaired) electrons. The van der Waals surface area contributed by atoms with E-state index in [0.717, 1.165) is 6.26 Å². The molecule has 0 saturated carbocycles. The number of benzene rings is 2. The van der Waals surface area contributed by atoms with Gasteiger partial charge in [-0.05, 0) is 36.8 Å². The Bertz CT molecular complexity index is 800. The van der Waals surface area contributed by atoms with Crippen LogP contribution in [-0.2, 0) is 9.84 Å². The largest absolute Gasteiger partial charge is 0.322 e. The van der Waals surface area contributed by atoms with Crippen molar-refractivity contribution in [3.05, 3.63) is 59.4 Å². The van der Waals surface area contributed by atoms with Gasteiger partial charge >= 0.3 is 0 Å². The third kappa shape index (κ3) is 3.46. The minimum absolute atomic E-state index is 0.0312. The summed E-state index contributed by atoms with van der Waals surface area (Å²) in [6.45, 7) is 1.72. The van der Waals surface area contributed by atoms with Crippen molar-refractivity contribution in [2.75, 3.05) is 11.6 Å². The summed E-state index contributed by atoms with van der Waals surface area (Å²) in [4.78, 5) is 12.2. The van der Waals surface area contributed by atoms with Crippen molar-refractivity contribution in [3.8, 4) is 0 Å². The summed E-state index contributed by atoms with van der Waals surface area (Å²) in [6.07, 6.45) is 1.03. The van der Waals surface area contributed by atoms with Crippen molar-refractivity contribution in [3.63, 3.8) is 0 Å². The maximum Gasteiger partial charge on any atom is 0.256 e. The normalized spacial score (nSPS) is 11.2. The first-order valence-corrected chi connectivity index (χ1v) is 8.05. The molecule has 0 aliphatic heterocycles. The van der Waals surface area contributed by atoms with Crippen LogP contribution < -0.4 is 5.32 Å². The molecule has 110 valence electrons. The number of anilines is 1. The smallest absolute Gasteiger partial charge is 0.256 e. The van der Waals surface area contributed by atoms with E-state index < -0.39 is 21.6 Å². The van der Waals surface area contributed by atoms with Crippen molar-refractivity contribution in [1.82, 2.24) is 0 Å². The lowest BCUT2D eigenvalue weighted by atomic mass is 10.1. The summed E-state index contributed by atoms with van der Waals surface area (Å²) in [5.41, 5.74) is 1.02. The van der Waals surface area contributed by atoms with Crippen LogP contribution in [0.1, 0.15) is 15.9 Å². The Labute approximate surface area is 122 Å². The van der Waals surface area contributed by atoms with Gasteiger partial charge in [-0.1, -0.05) is 18.2 Å². The molecule has 0 saturated heterocycles. The van der Waals surface area contributed by atoms with E-state index in [9.17, 15) is 17.6 Å². The van der Waals surface area contributed by atoms with Crippen molar-refractivity contribution >= 4 is 21.4 Å². The highest BCUT2D eigenvalue weighted by Gasteiger charge is 2.18. The maximum atomic E-state index is 13.2. The van der Waals surface area contributed by atoms with E-state index in [1.54, 1.807) is 19.1 Å². The van der Waals surface area contributed by atoms with E-state index in [4.69, 9.17) is 0 Å². The zero-order valence-electron chi connectivity index (χ0n) is 11.6. The van der Waals surface area contributed by atoms with Gasteiger partial charge in [-0.2, -0.15) is 0 Å².